The lowest BCUT2D eigenvalue weighted by atomic mass is 9.69. The Morgan fingerprint density at radius 2 is 1.82 bits per heavy atom. The fourth-order valence-electron chi connectivity index (χ4n) is 5.82. The van der Waals surface area contributed by atoms with Crippen LogP contribution in [-0.4, -0.2) is 56.2 Å². The molecule has 1 aliphatic carbocycles. The van der Waals surface area contributed by atoms with Crippen LogP contribution in [0.4, 0.5) is 0 Å². The molecule has 1 saturated carbocycles. The zero-order valence-corrected chi connectivity index (χ0v) is 21.1. The number of carbonyl (C=O) groups excluding carboxylic acids is 2. The molecule has 0 spiro atoms. The molecule has 0 N–H and O–H groups in total. The van der Waals surface area contributed by atoms with Crippen LogP contribution in [0, 0.1) is 17.8 Å². The van der Waals surface area contributed by atoms with Crippen LogP contribution in [0.2, 0.25) is 0 Å². The molecule has 7 nitrogen and oxygen atoms in total. The average molecular weight is 472 g/mol. The highest BCUT2D eigenvalue weighted by atomic mass is 16.5. The number of fused-ring (bicyclic) bond motifs is 1. The van der Waals surface area contributed by atoms with Crippen molar-refractivity contribution >= 4 is 11.7 Å². The van der Waals surface area contributed by atoms with Crippen LogP contribution in [0.5, 0.6) is 11.5 Å². The third kappa shape index (κ3) is 4.42. The molecule has 3 aliphatic rings. The van der Waals surface area contributed by atoms with Gasteiger partial charge in [-0.1, -0.05) is 19.9 Å². The Morgan fingerprint density at radius 1 is 1.09 bits per heavy atom. The lowest BCUT2D eigenvalue weighted by Gasteiger charge is -2.41. The van der Waals surface area contributed by atoms with E-state index in [0.29, 0.717) is 42.6 Å². The summed E-state index contributed by atoms with van der Waals surface area (Å²) in [6, 6.07) is 5.06. The summed E-state index contributed by atoms with van der Waals surface area (Å²) in [6.45, 7) is 9.31. The number of ketones is 1. The van der Waals surface area contributed by atoms with Crippen molar-refractivity contribution in [3.05, 3.63) is 35.1 Å². The fourth-order valence-corrected chi connectivity index (χ4v) is 5.82. The Labute approximate surface area is 202 Å². The average Bonchev–Trinajstić information content (AvgIpc) is 3.07. The largest absolute Gasteiger partial charge is 0.493 e. The van der Waals surface area contributed by atoms with E-state index >= 15 is 0 Å². The first-order valence-electron chi connectivity index (χ1n) is 12.4. The number of hydrogen-bond donors (Lipinski definition) is 0. The van der Waals surface area contributed by atoms with Gasteiger partial charge in [0.05, 0.1) is 37.9 Å². The van der Waals surface area contributed by atoms with Crippen molar-refractivity contribution < 1.29 is 28.5 Å². The molecular formula is C27H37NO6. The SMILES string of the molecule is COc1ccc(C2C3=C(OC4CC(C)CC(C)C4C3=O)C(=O)N2CCCOC(C)C)cc1OC. The smallest absolute Gasteiger partial charge is 0.290 e. The number of amides is 1. The van der Waals surface area contributed by atoms with Crippen molar-refractivity contribution in [1.29, 1.82) is 0 Å². The van der Waals surface area contributed by atoms with E-state index in [1.165, 1.54) is 0 Å². The topological polar surface area (TPSA) is 74.3 Å². The molecule has 0 bridgehead atoms. The number of rotatable bonds is 8. The second-order valence-electron chi connectivity index (χ2n) is 10.1. The normalized spacial score (nSPS) is 28.7. The maximum Gasteiger partial charge on any atom is 0.290 e. The molecule has 2 heterocycles. The molecule has 1 aromatic carbocycles. The molecule has 5 unspecified atom stereocenters. The van der Waals surface area contributed by atoms with E-state index < -0.39 is 6.04 Å². The van der Waals surface area contributed by atoms with E-state index in [1.54, 1.807) is 19.1 Å². The van der Waals surface area contributed by atoms with Crippen LogP contribution in [0.25, 0.3) is 0 Å². The monoisotopic (exact) mass is 471 g/mol. The molecule has 0 radical (unpaired) electrons. The van der Waals surface area contributed by atoms with Gasteiger partial charge >= 0.3 is 0 Å². The van der Waals surface area contributed by atoms with Gasteiger partial charge < -0.3 is 23.8 Å². The summed E-state index contributed by atoms with van der Waals surface area (Å²) in [5.74, 6) is 1.70. The summed E-state index contributed by atoms with van der Waals surface area (Å²) in [6.07, 6.45) is 2.35. The minimum absolute atomic E-state index is 0.0553. The van der Waals surface area contributed by atoms with E-state index in [1.807, 2.05) is 32.0 Å². The lowest BCUT2D eigenvalue weighted by molar-refractivity contribution is -0.138. The Morgan fingerprint density at radius 3 is 2.50 bits per heavy atom. The van der Waals surface area contributed by atoms with Crippen molar-refractivity contribution in [2.75, 3.05) is 27.4 Å². The number of ether oxygens (including phenoxy) is 4. The molecule has 34 heavy (non-hydrogen) atoms. The Hall–Kier alpha value is -2.54. The number of hydrogen-bond acceptors (Lipinski definition) is 6. The van der Waals surface area contributed by atoms with Gasteiger partial charge in [-0.3, -0.25) is 9.59 Å². The lowest BCUT2D eigenvalue weighted by Crippen LogP contribution is -2.45. The van der Waals surface area contributed by atoms with Gasteiger partial charge in [0.1, 0.15) is 6.10 Å². The molecular weight excluding hydrogens is 434 g/mol. The molecule has 186 valence electrons. The van der Waals surface area contributed by atoms with Crippen LogP contribution in [0.15, 0.2) is 29.5 Å². The van der Waals surface area contributed by atoms with E-state index in [0.717, 1.165) is 18.4 Å². The quantitative estimate of drug-likeness (QED) is 0.526. The predicted octanol–water partition coefficient (Wildman–Crippen LogP) is 4.31. The maximum absolute atomic E-state index is 13.9. The van der Waals surface area contributed by atoms with Gasteiger partial charge in [0, 0.05) is 13.2 Å². The molecule has 0 aromatic heterocycles. The summed E-state index contributed by atoms with van der Waals surface area (Å²) in [5.41, 5.74) is 1.30. The van der Waals surface area contributed by atoms with Gasteiger partial charge in [-0.05, 0) is 62.6 Å². The standard InChI is InChI=1S/C27H37NO6/c1-15(2)33-11-7-10-28-24(18-8-9-19(31-5)20(14-18)32-6)23-25(29)22-17(4)12-16(3)13-21(22)34-26(23)27(28)30/h8-9,14-17,21-22,24H,7,10-13H2,1-6H3. The first-order chi connectivity index (χ1) is 16.3. The summed E-state index contributed by atoms with van der Waals surface area (Å²) < 4.78 is 23.0. The van der Waals surface area contributed by atoms with Crippen molar-refractivity contribution in [3.63, 3.8) is 0 Å². The van der Waals surface area contributed by atoms with Gasteiger partial charge in [0.25, 0.3) is 5.91 Å². The van der Waals surface area contributed by atoms with Crippen LogP contribution in [0.3, 0.4) is 0 Å². The number of carbonyl (C=O) groups is 2. The van der Waals surface area contributed by atoms with Gasteiger partial charge in [0.15, 0.2) is 23.0 Å². The fraction of sp³-hybridized carbons (Fsp3) is 0.630. The highest BCUT2D eigenvalue weighted by molar-refractivity contribution is 6.11. The van der Waals surface area contributed by atoms with Crippen LogP contribution >= 0.6 is 0 Å². The van der Waals surface area contributed by atoms with E-state index in [4.69, 9.17) is 18.9 Å². The first-order valence-corrected chi connectivity index (χ1v) is 12.4. The summed E-state index contributed by atoms with van der Waals surface area (Å²) in [4.78, 5) is 29.3. The zero-order valence-electron chi connectivity index (χ0n) is 21.1. The molecule has 0 saturated heterocycles. The first kappa shape index (κ1) is 24.6. The van der Waals surface area contributed by atoms with Crippen molar-refractivity contribution in [3.8, 4) is 11.5 Å². The molecule has 1 fully saturated rings. The third-order valence-corrected chi connectivity index (χ3v) is 7.26. The molecule has 4 rings (SSSR count). The van der Waals surface area contributed by atoms with Crippen LogP contribution in [0.1, 0.15) is 58.6 Å². The number of Topliss-reactive ketones (excluding diaryl/α,β-unsaturated/α-hetero) is 1. The highest BCUT2D eigenvalue weighted by Crippen LogP contribution is 2.49. The maximum atomic E-state index is 13.9. The van der Waals surface area contributed by atoms with Gasteiger partial charge in [-0.15, -0.1) is 0 Å². The van der Waals surface area contributed by atoms with Gasteiger partial charge in [0.2, 0.25) is 0 Å². The second kappa shape index (κ2) is 9.98. The summed E-state index contributed by atoms with van der Waals surface area (Å²) in [5, 5.41) is 0. The molecule has 2 aliphatic heterocycles. The van der Waals surface area contributed by atoms with Crippen molar-refractivity contribution in [1.82, 2.24) is 4.90 Å². The summed E-state index contributed by atoms with van der Waals surface area (Å²) >= 11 is 0. The Bertz CT molecular complexity index is 970. The minimum Gasteiger partial charge on any atom is -0.493 e. The number of benzene rings is 1. The van der Waals surface area contributed by atoms with Gasteiger partial charge in [-0.25, -0.2) is 0 Å². The Kier molecular flexibility index (Phi) is 7.22. The van der Waals surface area contributed by atoms with Crippen LogP contribution in [-0.2, 0) is 19.1 Å². The molecule has 5 atom stereocenters. The van der Waals surface area contributed by atoms with Crippen molar-refractivity contribution in [2.24, 2.45) is 17.8 Å². The second-order valence-corrected chi connectivity index (χ2v) is 10.1. The van der Waals surface area contributed by atoms with Gasteiger partial charge in [-0.2, -0.15) is 0 Å². The number of methoxy groups -OCH3 is 2. The zero-order chi connectivity index (χ0) is 24.6. The van der Waals surface area contributed by atoms with Crippen LogP contribution < -0.4 is 9.47 Å². The predicted molar refractivity (Wildman–Crippen MR) is 128 cm³/mol. The molecule has 1 amide bonds. The van der Waals surface area contributed by atoms with Crippen molar-refractivity contribution in [2.45, 2.75) is 65.2 Å². The minimum atomic E-state index is -0.513. The number of nitrogens with zero attached hydrogens (tertiary/aromatic N) is 1. The molecule has 7 heteroatoms. The highest BCUT2D eigenvalue weighted by Gasteiger charge is 2.54. The van der Waals surface area contributed by atoms with E-state index in [2.05, 4.69) is 13.8 Å². The van der Waals surface area contributed by atoms with E-state index in [9.17, 15) is 9.59 Å². The Balaban J connectivity index is 1.72. The third-order valence-electron chi connectivity index (χ3n) is 7.26. The van der Waals surface area contributed by atoms with E-state index in [-0.39, 0.29) is 41.5 Å². The summed E-state index contributed by atoms with van der Waals surface area (Å²) in [7, 11) is 3.17. The molecule has 1 aromatic rings.